The zero-order valence-electron chi connectivity index (χ0n) is 20.0. The lowest BCUT2D eigenvalue weighted by Gasteiger charge is -2.34. The van der Waals surface area contributed by atoms with E-state index in [9.17, 15) is 4.79 Å². The predicted molar refractivity (Wildman–Crippen MR) is 136 cm³/mol. The summed E-state index contributed by atoms with van der Waals surface area (Å²) >= 11 is 1.72. The molecule has 1 amide bonds. The smallest absolute Gasteiger partial charge is 0.248 e. The third kappa shape index (κ3) is 5.51. The van der Waals surface area contributed by atoms with E-state index in [-0.39, 0.29) is 5.41 Å². The van der Waals surface area contributed by atoms with E-state index in [0.29, 0.717) is 12.2 Å². The Kier molecular flexibility index (Phi) is 7.38. The summed E-state index contributed by atoms with van der Waals surface area (Å²) in [5.41, 5.74) is 7.91. The Morgan fingerprint density at radius 3 is 2.29 bits per heavy atom. The molecule has 0 atom stereocenters. The summed E-state index contributed by atoms with van der Waals surface area (Å²) < 4.78 is 11.1. The second kappa shape index (κ2) is 10.4. The van der Waals surface area contributed by atoms with Crippen LogP contribution in [0.1, 0.15) is 35.5 Å². The number of hydrogen-bond acceptors (Lipinski definition) is 7. The maximum atomic E-state index is 11.2. The van der Waals surface area contributed by atoms with E-state index in [0.717, 1.165) is 55.0 Å². The number of anilines is 1. The van der Waals surface area contributed by atoms with Crippen LogP contribution in [0.25, 0.3) is 0 Å². The molecule has 7 nitrogen and oxygen atoms in total. The molecule has 0 unspecified atom stereocenters. The molecule has 180 valence electrons. The zero-order valence-corrected chi connectivity index (χ0v) is 20.8. The molecule has 3 aromatic rings. The molecule has 1 saturated heterocycles. The minimum Gasteiger partial charge on any atom is -0.497 e. The second-order valence-corrected chi connectivity index (χ2v) is 9.77. The lowest BCUT2D eigenvalue weighted by molar-refractivity contribution is 0.1000. The number of thiazole rings is 1. The van der Waals surface area contributed by atoms with Crippen molar-refractivity contribution in [2.75, 3.05) is 51.3 Å². The quantitative estimate of drug-likeness (QED) is 0.502. The average molecular weight is 481 g/mol. The van der Waals surface area contributed by atoms with Gasteiger partial charge in [0, 0.05) is 49.1 Å². The van der Waals surface area contributed by atoms with Gasteiger partial charge in [0.1, 0.15) is 18.1 Å². The molecule has 34 heavy (non-hydrogen) atoms. The van der Waals surface area contributed by atoms with Crippen LogP contribution in [0.15, 0.2) is 53.9 Å². The maximum absolute atomic E-state index is 11.2. The number of hydrogen-bond donors (Lipinski definition) is 1. The molecule has 1 aliphatic rings. The van der Waals surface area contributed by atoms with Crippen molar-refractivity contribution in [2.24, 2.45) is 5.73 Å². The van der Waals surface area contributed by atoms with Crippen molar-refractivity contribution in [3.8, 4) is 11.5 Å². The number of carbonyl (C=O) groups is 1. The van der Waals surface area contributed by atoms with Gasteiger partial charge in [-0.25, -0.2) is 4.98 Å². The van der Waals surface area contributed by atoms with Crippen LogP contribution in [0.4, 0.5) is 5.13 Å². The molecule has 2 N–H and O–H groups in total. The number of piperazine rings is 1. The molecule has 4 rings (SSSR count). The topological polar surface area (TPSA) is 80.9 Å². The fourth-order valence-electron chi connectivity index (χ4n) is 4.02. The van der Waals surface area contributed by atoms with Gasteiger partial charge in [-0.15, -0.1) is 11.3 Å². The third-order valence-electron chi connectivity index (χ3n) is 6.40. The van der Waals surface area contributed by atoms with Gasteiger partial charge >= 0.3 is 0 Å². The molecule has 2 heterocycles. The van der Waals surface area contributed by atoms with Gasteiger partial charge in [0.25, 0.3) is 0 Å². The Morgan fingerprint density at radius 2 is 1.68 bits per heavy atom. The van der Waals surface area contributed by atoms with Gasteiger partial charge < -0.3 is 20.1 Å². The summed E-state index contributed by atoms with van der Waals surface area (Å²) in [6.07, 6.45) is 0. The van der Waals surface area contributed by atoms with Gasteiger partial charge in [0.05, 0.1) is 12.8 Å². The van der Waals surface area contributed by atoms with Crippen LogP contribution in [0.5, 0.6) is 11.5 Å². The van der Waals surface area contributed by atoms with E-state index in [4.69, 9.17) is 20.2 Å². The standard InChI is InChI=1S/C26H32N4O3S/c1-26(2,20-6-10-21(32-3)11-7-20)23-18-34-25(28-23)30-14-12-29(13-15-30)16-17-33-22-8-4-19(5-9-22)24(27)31/h4-11,18H,12-17H2,1-3H3,(H2,27,31). The normalized spacial score (nSPS) is 14.7. The molecular formula is C26H32N4O3S. The summed E-state index contributed by atoms with van der Waals surface area (Å²) in [6, 6.07) is 15.2. The highest BCUT2D eigenvalue weighted by Crippen LogP contribution is 2.35. The summed E-state index contributed by atoms with van der Waals surface area (Å²) in [4.78, 5) is 20.9. The van der Waals surface area contributed by atoms with Gasteiger partial charge in [0.2, 0.25) is 5.91 Å². The minimum absolute atomic E-state index is 0.171. The number of primary amides is 1. The first-order valence-corrected chi connectivity index (χ1v) is 12.4. The van der Waals surface area contributed by atoms with Crippen molar-refractivity contribution in [1.29, 1.82) is 0 Å². The summed E-state index contributed by atoms with van der Waals surface area (Å²) in [6.45, 7) is 9.74. The monoisotopic (exact) mass is 480 g/mol. The molecule has 0 radical (unpaired) electrons. The van der Waals surface area contributed by atoms with Crippen molar-refractivity contribution < 1.29 is 14.3 Å². The van der Waals surface area contributed by atoms with Crippen molar-refractivity contribution in [1.82, 2.24) is 9.88 Å². The minimum atomic E-state index is -0.430. The lowest BCUT2D eigenvalue weighted by Crippen LogP contribution is -2.47. The molecule has 1 fully saturated rings. The van der Waals surface area contributed by atoms with Gasteiger partial charge in [-0.2, -0.15) is 0 Å². The van der Waals surface area contributed by atoms with Gasteiger partial charge in [-0.3, -0.25) is 9.69 Å². The Balaban J connectivity index is 1.27. The van der Waals surface area contributed by atoms with E-state index in [1.807, 2.05) is 12.1 Å². The van der Waals surface area contributed by atoms with Crippen LogP contribution < -0.4 is 20.1 Å². The maximum Gasteiger partial charge on any atom is 0.248 e. The molecule has 8 heteroatoms. The number of nitrogens with zero attached hydrogens (tertiary/aromatic N) is 3. The van der Waals surface area contributed by atoms with Gasteiger partial charge in [-0.1, -0.05) is 26.0 Å². The van der Waals surface area contributed by atoms with Gasteiger partial charge in [0.15, 0.2) is 5.13 Å². The van der Waals surface area contributed by atoms with Gasteiger partial charge in [-0.05, 0) is 42.0 Å². The molecule has 1 aliphatic heterocycles. The summed E-state index contributed by atoms with van der Waals surface area (Å²) in [5, 5.41) is 3.27. The van der Waals surface area contributed by atoms with E-state index in [1.165, 1.54) is 5.56 Å². The Labute approximate surface area is 205 Å². The highest BCUT2D eigenvalue weighted by atomic mass is 32.1. The highest BCUT2D eigenvalue weighted by molar-refractivity contribution is 7.13. The largest absolute Gasteiger partial charge is 0.497 e. The fraction of sp³-hybridized carbons (Fsp3) is 0.385. The fourth-order valence-corrected chi connectivity index (χ4v) is 5.07. The number of amides is 1. The number of ether oxygens (including phenoxy) is 2. The number of aromatic nitrogens is 1. The highest BCUT2D eigenvalue weighted by Gasteiger charge is 2.28. The van der Waals surface area contributed by atoms with Crippen LogP contribution in [-0.2, 0) is 5.41 Å². The van der Waals surface area contributed by atoms with E-state index >= 15 is 0 Å². The number of carbonyl (C=O) groups excluding carboxylic acids is 1. The molecule has 0 spiro atoms. The van der Waals surface area contributed by atoms with Crippen molar-refractivity contribution in [3.63, 3.8) is 0 Å². The first kappa shape index (κ1) is 24.0. The first-order chi connectivity index (χ1) is 16.4. The molecule has 0 aliphatic carbocycles. The first-order valence-electron chi connectivity index (χ1n) is 11.5. The van der Waals surface area contributed by atoms with Crippen molar-refractivity contribution in [2.45, 2.75) is 19.3 Å². The molecular weight excluding hydrogens is 448 g/mol. The van der Waals surface area contributed by atoms with E-state index in [1.54, 1.807) is 42.7 Å². The lowest BCUT2D eigenvalue weighted by atomic mass is 9.82. The Hall–Kier alpha value is -3.10. The predicted octanol–water partition coefficient (Wildman–Crippen LogP) is 3.78. The second-order valence-electron chi connectivity index (χ2n) is 8.93. The summed E-state index contributed by atoms with van der Waals surface area (Å²) in [5.74, 6) is 1.18. The average Bonchev–Trinajstić information content (AvgIpc) is 3.36. The third-order valence-corrected chi connectivity index (χ3v) is 7.30. The number of methoxy groups -OCH3 is 1. The SMILES string of the molecule is COc1ccc(C(C)(C)c2csc(N3CCN(CCOc4ccc(C(N)=O)cc4)CC3)n2)cc1. The Bertz CT molecular complexity index is 1090. The number of nitrogens with two attached hydrogens (primary N) is 1. The molecule has 2 aromatic carbocycles. The molecule has 0 saturated carbocycles. The van der Waals surface area contributed by atoms with Crippen LogP contribution in [0.3, 0.4) is 0 Å². The van der Waals surface area contributed by atoms with Crippen molar-refractivity contribution in [3.05, 3.63) is 70.7 Å². The summed E-state index contributed by atoms with van der Waals surface area (Å²) in [7, 11) is 1.69. The van der Waals surface area contributed by atoms with Crippen LogP contribution >= 0.6 is 11.3 Å². The van der Waals surface area contributed by atoms with E-state index < -0.39 is 5.91 Å². The van der Waals surface area contributed by atoms with Crippen LogP contribution in [0, 0.1) is 0 Å². The number of rotatable bonds is 9. The molecule has 0 bridgehead atoms. The van der Waals surface area contributed by atoms with Crippen molar-refractivity contribution >= 4 is 22.4 Å². The zero-order chi connectivity index (χ0) is 24.1. The Morgan fingerprint density at radius 1 is 1.03 bits per heavy atom. The number of benzene rings is 2. The van der Waals surface area contributed by atoms with Crippen LogP contribution in [-0.4, -0.2) is 62.2 Å². The van der Waals surface area contributed by atoms with Crippen LogP contribution in [0.2, 0.25) is 0 Å². The molecule has 1 aromatic heterocycles. The van der Waals surface area contributed by atoms with E-state index in [2.05, 4.69) is 41.2 Å².